The summed E-state index contributed by atoms with van der Waals surface area (Å²) in [6, 6.07) is 3.76. The van der Waals surface area contributed by atoms with Crippen molar-refractivity contribution in [1.82, 2.24) is 10.3 Å². The highest BCUT2D eigenvalue weighted by Gasteiger charge is 2.16. The molecule has 0 saturated carbocycles. The summed E-state index contributed by atoms with van der Waals surface area (Å²) in [5.41, 5.74) is 6.18. The summed E-state index contributed by atoms with van der Waals surface area (Å²) >= 11 is 8.79. The van der Waals surface area contributed by atoms with E-state index in [1.54, 1.807) is 0 Å². The molecule has 4 nitrogen and oxygen atoms in total. The van der Waals surface area contributed by atoms with Crippen LogP contribution in [-0.4, -0.2) is 24.0 Å². The second kappa shape index (κ2) is 7.17. The molecule has 0 aromatic carbocycles. The Morgan fingerprint density at radius 1 is 1.40 bits per heavy atom. The van der Waals surface area contributed by atoms with Crippen LogP contribution >= 0.6 is 34.3 Å². The number of carbonyl (C=O) groups excluding carboxylic acids is 1. The largest absolute Gasteiger partial charge is 0.351 e. The fraction of sp³-hybridized carbons (Fsp3) is 0.385. The van der Waals surface area contributed by atoms with Crippen molar-refractivity contribution in [3.63, 3.8) is 0 Å². The predicted octanol–water partition coefficient (Wildman–Crippen LogP) is 3.30. The minimum absolute atomic E-state index is 0.0640. The van der Waals surface area contributed by atoms with E-state index in [4.69, 9.17) is 17.3 Å². The van der Waals surface area contributed by atoms with Crippen LogP contribution in [0.3, 0.4) is 0 Å². The quantitative estimate of drug-likeness (QED) is 0.799. The van der Waals surface area contributed by atoms with E-state index in [1.165, 1.54) is 22.7 Å². The average molecular weight is 330 g/mol. The first-order valence-electron chi connectivity index (χ1n) is 6.33. The topological polar surface area (TPSA) is 68.0 Å². The van der Waals surface area contributed by atoms with Crippen LogP contribution in [0, 0.1) is 6.92 Å². The smallest absolute Gasteiger partial charge is 0.263 e. The molecule has 108 valence electrons. The summed E-state index contributed by atoms with van der Waals surface area (Å²) in [5, 5.41) is 3.74. The molecule has 2 rings (SSSR count). The van der Waals surface area contributed by atoms with Crippen LogP contribution in [0.25, 0.3) is 9.88 Å². The van der Waals surface area contributed by atoms with Gasteiger partial charge in [0.05, 0.1) is 14.9 Å². The number of thiophene rings is 1. The first kappa shape index (κ1) is 15.4. The van der Waals surface area contributed by atoms with E-state index in [9.17, 15) is 4.79 Å². The van der Waals surface area contributed by atoms with Crippen LogP contribution in [0.5, 0.6) is 0 Å². The Labute approximate surface area is 131 Å². The Balaban J connectivity index is 2.05. The molecule has 0 radical (unpaired) electrons. The SMILES string of the molecule is Cc1nc(-c2ccc(Cl)s2)sc1C(=O)NCCCCN. The lowest BCUT2D eigenvalue weighted by Gasteiger charge is -2.02. The highest BCUT2D eigenvalue weighted by atomic mass is 35.5. The summed E-state index contributed by atoms with van der Waals surface area (Å²) in [6.07, 6.45) is 1.81. The van der Waals surface area contributed by atoms with Gasteiger partial charge in [-0.15, -0.1) is 22.7 Å². The zero-order valence-electron chi connectivity index (χ0n) is 11.1. The maximum atomic E-state index is 12.1. The number of hydrogen-bond acceptors (Lipinski definition) is 5. The zero-order valence-corrected chi connectivity index (χ0v) is 13.5. The van der Waals surface area contributed by atoms with Gasteiger partial charge in [-0.1, -0.05) is 11.6 Å². The van der Waals surface area contributed by atoms with Gasteiger partial charge in [0.25, 0.3) is 5.91 Å². The second-order valence-corrected chi connectivity index (χ2v) is 7.00. The van der Waals surface area contributed by atoms with Gasteiger partial charge in [-0.25, -0.2) is 4.98 Å². The molecule has 1 amide bonds. The third kappa shape index (κ3) is 3.79. The number of amides is 1. The van der Waals surface area contributed by atoms with E-state index < -0.39 is 0 Å². The molecule has 0 aliphatic heterocycles. The maximum Gasteiger partial charge on any atom is 0.263 e. The number of carbonyl (C=O) groups is 1. The van der Waals surface area contributed by atoms with Crippen LogP contribution in [0.1, 0.15) is 28.2 Å². The van der Waals surface area contributed by atoms with Crippen LogP contribution in [0.2, 0.25) is 4.34 Å². The molecule has 2 aromatic heterocycles. The minimum Gasteiger partial charge on any atom is -0.351 e. The Morgan fingerprint density at radius 3 is 2.85 bits per heavy atom. The number of nitrogens with zero attached hydrogens (tertiary/aromatic N) is 1. The van der Waals surface area contributed by atoms with Crippen molar-refractivity contribution in [1.29, 1.82) is 0 Å². The average Bonchev–Trinajstić information content (AvgIpc) is 3.00. The van der Waals surface area contributed by atoms with Crippen molar-refractivity contribution in [3.05, 3.63) is 27.0 Å². The number of hydrogen-bond donors (Lipinski definition) is 2. The normalized spacial score (nSPS) is 10.8. The fourth-order valence-corrected chi connectivity index (χ4v) is 3.77. The minimum atomic E-state index is -0.0640. The lowest BCUT2D eigenvalue weighted by atomic mass is 10.3. The second-order valence-electron chi connectivity index (χ2n) is 4.29. The van der Waals surface area contributed by atoms with Crippen molar-refractivity contribution >= 4 is 40.2 Å². The molecule has 0 aliphatic carbocycles. The molecule has 0 unspecified atom stereocenters. The third-order valence-corrected chi connectivity index (χ3v) is 5.26. The van der Waals surface area contributed by atoms with E-state index >= 15 is 0 Å². The third-order valence-electron chi connectivity index (χ3n) is 2.70. The Bertz CT molecular complexity index is 594. The highest BCUT2D eigenvalue weighted by molar-refractivity contribution is 7.24. The van der Waals surface area contributed by atoms with Gasteiger partial charge >= 0.3 is 0 Å². The number of nitrogens with one attached hydrogen (secondary N) is 1. The number of rotatable bonds is 6. The number of unbranched alkanes of at least 4 members (excludes halogenated alkanes) is 1. The van der Waals surface area contributed by atoms with Crippen molar-refractivity contribution in [3.8, 4) is 9.88 Å². The number of halogens is 1. The number of thiazole rings is 1. The van der Waals surface area contributed by atoms with Gasteiger partial charge < -0.3 is 11.1 Å². The number of aryl methyl sites for hydroxylation is 1. The van der Waals surface area contributed by atoms with Crippen molar-refractivity contribution in [2.45, 2.75) is 19.8 Å². The van der Waals surface area contributed by atoms with E-state index in [0.717, 1.165) is 32.8 Å². The van der Waals surface area contributed by atoms with Gasteiger partial charge in [-0.05, 0) is 38.4 Å². The number of nitrogens with two attached hydrogens (primary N) is 1. The van der Waals surface area contributed by atoms with Gasteiger partial charge in [-0.2, -0.15) is 0 Å². The standard InChI is InChI=1S/C13H16ClN3OS2/c1-8-11(12(18)16-7-3-2-6-15)20-13(17-8)9-4-5-10(14)19-9/h4-5H,2-3,6-7,15H2,1H3,(H,16,18). The van der Waals surface area contributed by atoms with Crippen LogP contribution in [0.4, 0.5) is 0 Å². The zero-order chi connectivity index (χ0) is 14.5. The molecular formula is C13H16ClN3OS2. The van der Waals surface area contributed by atoms with Crippen LogP contribution in [0.15, 0.2) is 12.1 Å². The van der Waals surface area contributed by atoms with Gasteiger partial charge in [-0.3, -0.25) is 4.79 Å². The van der Waals surface area contributed by atoms with Gasteiger partial charge in [0.2, 0.25) is 0 Å². The molecule has 2 aromatic rings. The number of aromatic nitrogens is 1. The summed E-state index contributed by atoms with van der Waals surface area (Å²) < 4.78 is 0.723. The fourth-order valence-electron chi connectivity index (χ4n) is 1.69. The van der Waals surface area contributed by atoms with Gasteiger partial charge in [0.1, 0.15) is 9.88 Å². The lowest BCUT2D eigenvalue weighted by Crippen LogP contribution is -2.24. The molecule has 0 spiro atoms. The Kier molecular flexibility index (Phi) is 5.54. The molecule has 0 bridgehead atoms. The van der Waals surface area contributed by atoms with E-state index in [2.05, 4.69) is 10.3 Å². The van der Waals surface area contributed by atoms with E-state index in [0.29, 0.717) is 18.0 Å². The molecule has 3 N–H and O–H groups in total. The van der Waals surface area contributed by atoms with E-state index in [-0.39, 0.29) is 5.91 Å². The van der Waals surface area contributed by atoms with Gasteiger partial charge in [0.15, 0.2) is 0 Å². The molecule has 2 heterocycles. The molecular weight excluding hydrogens is 314 g/mol. The molecule has 0 aliphatic rings. The lowest BCUT2D eigenvalue weighted by molar-refractivity contribution is 0.0956. The first-order valence-corrected chi connectivity index (χ1v) is 8.34. The van der Waals surface area contributed by atoms with Crippen molar-refractivity contribution in [2.24, 2.45) is 5.73 Å². The van der Waals surface area contributed by atoms with Crippen LogP contribution in [-0.2, 0) is 0 Å². The summed E-state index contributed by atoms with van der Waals surface area (Å²) in [4.78, 5) is 18.2. The van der Waals surface area contributed by atoms with Gasteiger partial charge in [0, 0.05) is 6.54 Å². The summed E-state index contributed by atoms with van der Waals surface area (Å²) in [7, 11) is 0. The van der Waals surface area contributed by atoms with E-state index in [1.807, 2.05) is 19.1 Å². The van der Waals surface area contributed by atoms with Crippen molar-refractivity contribution in [2.75, 3.05) is 13.1 Å². The highest BCUT2D eigenvalue weighted by Crippen LogP contribution is 2.34. The Morgan fingerprint density at radius 2 is 2.20 bits per heavy atom. The molecule has 7 heteroatoms. The molecule has 0 fully saturated rings. The maximum absolute atomic E-state index is 12.1. The molecule has 0 atom stereocenters. The molecule has 0 saturated heterocycles. The van der Waals surface area contributed by atoms with Crippen LogP contribution < -0.4 is 11.1 Å². The first-order chi connectivity index (χ1) is 9.61. The predicted molar refractivity (Wildman–Crippen MR) is 85.8 cm³/mol. The molecule has 20 heavy (non-hydrogen) atoms. The Hall–Kier alpha value is -0.950. The monoisotopic (exact) mass is 329 g/mol. The summed E-state index contributed by atoms with van der Waals surface area (Å²) in [5.74, 6) is -0.0640. The van der Waals surface area contributed by atoms with Crippen molar-refractivity contribution < 1.29 is 4.79 Å². The summed E-state index contributed by atoms with van der Waals surface area (Å²) in [6.45, 7) is 3.15.